The standard InChI is InChI=1S/C9H19NO3/c1-4-5-11-8(10)7-6-12-9(2,3)13-7/h7-8H,4-6,10H2,1-3H3/t7-,8-/m0/s1. The van der Waals surface area contributed by atoms with Gasteiger partial charge in [0.1, 0.15) is 12.3 Å². The third kappa shape index (κ3) is 3.23. The first-order valence-corrected chi connectivity index (χ1v) is 4.74. The quantitative estimate of drug-likeness (QED) is 0.666. The lowest BCUT2D eigenvalue weighted by molar-refractivity contribution is -0.155. The lowest BCUT2D eigenvalue weighted by Crippen LogP contribution is -2.40. The largest absolute Gasteiger partial charge is 0.361 e. The van der Waals surface area contributed by atoms with Crippen LogP contribution in [0, 0.1) is 0 Å². The highest BCUT2D eigenvalue weighted by atomic mass is 16.7. The van der Waals surface area contributed by atoms with Gasteiger partial charge in [0.25, 0.3) is 0 Å². The SMILES string of the molecule is CCCO[C@H](N)[C@@H]1COC(C)(C)O1. The molecule has 0 unspecified atom stereocenters. The lowest BCUT2D eigenvalue weighted by atomic mass is 10.3. The second-order valence-corrected chi connectivity index (χ2v) is 3.70. The van der Waals surface area contributed by atoms with Crippen molar-refractivity contribution in [2.24, 2.45) is 5.73 Å². The van der Waals surface area contributed by atoms with Crippen LogP contribution in [0.15, 0.2) is 0 Å². The van der Waals surface area contributed by atoms with Gasteiger partial charge in [0.05, 0.1) is 6.61 Å². The van der Waals surface area contributed by atoms with E-state index in [2.05, 4.69) is 0 Å². The van der Waals surface area contributed by atoms with E-state index >= 15 is 0 Å². The Bertz CT molecular complexity index is 161. The fraction of sp³-hybridized carbons (Fsp3) is 1.00. The molecule has 2 atom stereocenters. The molecule has 1 saturated heterocycles. The van der Waals surface area contributed by atoms with Gasteiger partial charge in [-0.15, -0.1) is 0 Å². The van der Waals surface area contributed by atoms with Crippen molar-refractivity contribution in [3.63, 3.8) is 0 Å². The van der Waals surface area contributed by atoms with Gasteiger partial charge in [0.15, 0.2) is 5.79 Å². The Morgan fingerprint density at radius 3 is 2.77 bits per heavy atom. The van der Waals surface area contributed by atoms with Gasteiger partial charge < -0.3 is 19.9 Å². The average molecular weight is 189 g/mol. The van der Waals surface area contributed by atoms with E-state index in [4.69, 9.17) is 19.9 Å². The summed E-state index contributed by atoms with van der Waals surface area (Å²) in [5, 5.41) is 0. The maximum atomic E-state index is 5.76. The fourth-order valence-electron chi connectivity index (χ4n) is 1.24. The number of hydrogen-bond donors (Lipinski definition) is 1. The second kappa shape index (κ2) is 4.37. The van der Waals surface area contributed by atoms with Gasteiger partial charge >= 0.3 is 0 Å². The van der Waals surface area contributed by atoms with Crippen LogP contribution in [0.3, 0.4) is 0 Å². The lowest BCUT2D eigenvalue weighted by Gasteiger charge is -2.21. The predicted molar refractivity (Wildman–Crippen MR) is 49.1 cm³/mol. The summed E-state index contributed by atoms with van der Waals surface area (Å²) in [5.74, 6) is -0.516. The highest BCUT2D eigenvalue weighted by Gasteiger charge is 2.36. The molecule has 1 rings (SSSR count). The molecule has 0 spiro atoms. The maximum Gasteiger partial charge on any atom is 0.163 e. The van der Waals surface area contributed by atoms with E-state index in [9.17, 15) is 0 Å². The molecular formula is C9H19NO3. The molecule has 0 amide bonds. The first-order chi connectivity index (χ1) is 6.05. The molecule has 1 heterocycles. The number of hydrogen-bond acceptors (Lipinski definition) is 4. The third-order valence-electron chi connectivity index (χ3n) is 1.91. The van der Waals surface area contributed by atoms with Gasteiger partial charge in [0.2, 0.25) is 0 Å². The summed E-state index contributed by atoms with van der Waals surface area (Å²) < 4.78 is 16.2. The molecule has 1 aliphatic heterocycles. The van der Waals surface area contributed by atoms with Crippen LogP contribution in [0.25, 0.3) is 0 Å². The van der Waals surface area contributed by atoms with E-state index in [1.165, 1.54) is 0 Å². The predicted octanol–water partition coefficient (Wildman–Crippen LogP) is 0.849. The van der Waals surface area contributed by atoms with Crippen molar-refractivity contribution in [2.45, 2.75) is 45.3 Å². The Balaban J connectivity index is 2.29. The minimum atomic E-state index is -0.516. The molecule has 4 nitrogen and oxygen atoms in total. The van der Waals surface area contributed by atoms with Crippen molar-refractivity contribution in [1.82, 2.24) is 0 Å². The summed E-state index contributed by atoms with van der Waals surface area (Å²) in [6, 6.07) is 0. The van der Waals surface area contributed by atoms with Crippen LogP contribution in [-0.2, 0) is 14.2 Å². The van der Waals surface area contributed by atoms with Gasteiger partial charge in [-0.2, -0.15) is 0 Å². The van der Waals surface area contributed by atoms with Gasteiger partial charge in [0, 0.05) is 6.61 Å². The summed E-state index contributed by atoms with van der Waals surface area (Å²) in [7, 11) is 0. The molecule has 0 aromatic carbocycles. The maximum absolute atomic E-state index is 5.76. The van der Waals surface area contributed by atoms with Crippen LogP contribution in [0.1, 0.15) is 27.2 Å². The molecule has 78 valence electrons. The van der Waals surface area contributed by atoms with Crippen LogP contribution >= 0.6 is 0 Å². The van der Waals surface area contributed by atoms with Crippen molar-refractivity contribution in [3.05, 3.63) is 0 Å². The highest BCUT2D eigenvalue weighted by Crippen LogP contribution is 2.23. The Kier molecular flexibility index (Phi) is 3.67. The molecule has 1 aliphatic rings. The fourth-order valence-corrected chi connectivity index (χ4v) is 1.24. The molecular weight excluding hydrogens is 170 g/mol. The Morgan fingerprint density at radius 2 is 2.31 bits per heavy atom. The molecule has 0 aliphatic carbocycles. The van der Waals surface area contributed by atoms with Crippen LogP contribution in [-0.4, -0.2) is 31.3 Å². The van der Waals surface area contributed by atoms with Crippen LogP contribution < -0.4 is 5.73 Å². The molecule has 0 saturated carbocycles. The summed E-state index contributed by atoms with van der Waals surface area (Å²) in [6.45, 7) is 6.97. The summed E-state index contributed by atoms with van der Waals surface area (Å²) in [5.41, 5.74) is 5.76. The van der Waals surface area contributed by atoms with Crippen LogP contribution in [0.4, 0.5) is 0 Å². The van der Waals surface area contributed by atoms with Crippen molar-refractivity contribution < 1.29 is 14.2 Å². The number of ether oxygens (including phenoxy) is 3. The summed E-state index contributed by atoms with van der Waals surface area (Å²) in [4.78, 5) is 0. The molecule has 0 aromatic rings. The minimum Gasteiger partial charge on any atom is -0.361 e. The van der Waals surface area contributed by atoms with Crippen molar-refractivity contribution in [2.75, 3.05) is 13.2 Å². The second-order valence-electron chi connectivity index (χ2n) is 3.70. The topological polar surface area (TPSA) is 53.7 Å². The monoisotopic (exact) mass is 189 g/mol. The van der Waals surface area contributed by atoms with Gasteiger partial charge in [-0.3, -0.25) is 0 Å². The van der Waals surface area contributed by atoms with E-state index < -0.39 is 5.79 Å². The zero-order valence-electron chi connectivity index (χ0n) is 8.58. The zero-order chi connectivity index (χ0) is 9.90. The van der Waals surface area contributed by atoms with E-state index in [1.54, 1.807) is 0 Å². The van der Waals surface area contributed by atoms with Crippen molar-refractivity contribution in [3.8, 4) is 0 Å². The molecule has 4 heteroatoms. The molecule has 13 heavy (non-hydrogen) atoms. The Labute approximate surface area is 79.3 Å². The Hall–Kier alpha value is -0.160. The molecule has 1 fully saturated rings. The van der Waals surface area contributed by atoms with Crippen LogP contribution in [0.5, 0.6) is 0 Å². The van der Waals surface area contributed by atoms with Gasteiger partial charge in [-0.05, 0) is 20.3 Å². The van der Waals surface area contributed by atoms with E-state index in [1.807, 2.05) is 20.8 Å². The normalized spacial score (nSPS) is 29.1. The van der Waals surface area contributed by atoms with E-state index in [0.717, 1.165) is 6.42 Å². The van der Waals surface area contributed by atoms with Crippen molar-refractivity contribution >= 4 is 0 Å². The number of rotatable bonds is 4. The molecule has 0 aromatic heterocycles. The van der Waals surface area contributed by atoms with Gasteiger partial charge in [-0.25, -0.2) is 0 Å². The Morgan fingerprint density at radius 1 is 1.62 bits per heavy atom. The summed E-state index contributed by atoms with van der Waals surface area (Å²) in [6.07, 6.45) is 0.452. The van der Waals surface area contributed by atoms with E-state index in [-0.39, 0.29) is 12.3 Å². The number of nitrogens with two attached hydrogens (primary N) is 1. The first-order valence-electron chi connectivity index (χ1n) is 4.74. The zero-order valence-corrected chi connectivity index (χ0v) is 8.58. The molecule has 0 bridgehead atoms. The third-order valence-corrected chi connectivity index (χ3v) is 1.91. The molecule has 0 radical (unpaired) electrons. The van der Waals surface area contributed by atoms with Gasteiger partial charge in [-0.1, -0.05) is 6.92 Å². The summed E-state index contributed by atoms with van der Waals surface area (Å²) >= 11 is 0. The minimum absolute atomic E-state index is 0.137. The average Bonchev–Trinajstić information content (AvgIpc) is 2.42. The van der Waals surface area contributed by atoms with Crippen molar-refractivity contribution in [1.29, 1.82) is 0 Å². The van der Waals surface area contributed by atoms with Crippen LogP contribution in [0.2, 0.25) is 0 Å². The highest BCUT2D eigenvalue weighted by molar-refractivity contribution is 4.75. The molecule has 2 N–H and O–H groups in total. The smallest absolute Gasteiger partial charge is 0.163 e. The first kappa shape index (κ1) is 10.9. The van der Waals surface area contributed by atoms with E-state index in [0.29, 0.717) is 13.2 Å².